The molecule has 0 bridgehead atoms. The van der Waals surface area contributed by atoms with Gasteiger partial charge in [-0.2, -0.15) is 0 Å². The average Bonchev–Trinajstić information content (AvgIpc) is 2.64. The van der Waals surface area contributed by atoms with E-state index in [2.05, 4.69) is 5.32 Å². The smallest absolute Gasteiger partial charge is 0.261 e. The Morgan fingerprint density at radius 1 is 0.962 bits per heavy atom. The van der Waals surface area contributed by atoms with Crippen molar-refractivity contribution in [2.75, 3.05) is 6.61 Å². The van der Waals surface area contributed by atoms with Crippen LogP contribution in [0, 0.1) is 0 Å². The Kier molecular flexibility index (Phi) is 7.21. The first-order valence-electron chi connectivity index (χ1n) is 8.79. The van der Waals surface area contributed by atoms with Crippen molar-refractivity contribution in [3.8, 4) is 5.75 Å². The second-order valence-electron chi connectivity index (χ2n) is 6.45. The van der Waals surface area contributed by atoms with Gasteiger partial charge in [-0.1, -0.05) is 48.5 Å². The summed E-state index contributed by atoms with van der Waals surface area (Å²) in [5, 5.41) is 2.86. The van der Waals surface area contributed by atoms with Gasteiger partial charge in [0.05, 0.1) is 0 Å². The molecule has 2 amide bonds. The van der Waals surface area contributed by atoms with Gasteiger partial charge in [-0.15, -0.1) is 0 Å². The number of carbonyl (C=O) groups excluding carboxylic acids is 2. The van der Waals surface area contributed by atoms with Gasteiger partial charge >= 0.3 is 0 Å². The molecular formula is C21H26N2O3. The zero-order valence-electron chi connectivity index (χ0n) is 15.5. The van der Waals surface area contributed by atoms with Crippen molar-refractivity contribution in [2.45, 2.75) is 39.4 Å². The molecule has 1 atom stereocenters. The molecule has 0 unspecified atom stereocenters. The van der Waals surface area contributed by atoms with E-state index in [1.54, 1.807) is 24.0 Å². The maximum Gasteiger partial charge on any atom is 0.261 e. The lowest BCUT2D eigenvalue weighted by Gasteiger charge is -2.29. The fourth-order valence-corrected chi connectivity index (χ4v) is 2.51. The molecule has 0 radical (unpaired) electrons. The summed E-state index contributed by atoms with van der Waals surface area (Å²) in [4.78, 5) is 26.7. The van der Waals surface area contributed by atoms with E-state index in [0.717, 1.165) is 5.56 Å². The van der Waals surface area contributed by atoms with Crippen LogP contribution in [0.3, 0.4) is 0 Å². The molecule has 5 heteroatoms. The van der Waals surface area contributed by atoms with Gasteiger partial charge in [-0.05, 0) is 38.5 Å². The highest BCUT2D eigenvalue weighted by atomic mass is 16.5. The molecule has 0 aliphatic heterocycles. The number of hydrogen-bond acceptors (Lipinski definition) is 3. The van der Waals surface area contributed by atoms with Gasteiger partial charge in [0.15, 0.2) is 6.61 Å². The van der Waals surface area contributed by atoms with Crippen molar-refractivity contribution in [3.05, 3.63) is 66.2 Å². The molecule has 2 rings (SSSR count). The molecule has 0 heterocycles. The third kappa shape index (κ3) is 5.92. The number of amides is 2. The number of ether oxygens (including phenoxy) is 1. The fraction of sp³-hybridized carbons (Fsp3) is 0.333. The molecule has 0 saturated carbocycles. The molecule has 0 saturated heterocycles. The lowest BCUT2D eigenvalue weighted by Crippen LogP contribution is -2.50. The van der Waals surface area contributed by atoms with E-state index in [4.69, 9.17) is 4.74 Å². The summed E-state index contributed by atoms with van der Waals surface area (Å²) < 4.78 is 5.57. The highest BCUT2D eigenvalue weighted by Gasteiger charge is 2.26. The lowest BCUT2D eigenvalue weighted by molar-refractivity contribution is -0.142. The van der Waals surface area contributed by atoms with E-state index < -0.39 is 6.04 Å². The molecule has 2 aromatic carbocycles. The van der Waals surface area contributed by atoms with Crippen LogP contribution in [0.4, 0.5) is 0 Å². The Hall–Kier alpha value is -2.82. The number of nitrogens with one attached hydrogen (secondary N) is 1. The largest absolute Gasteiger partial charge is 0.484 e. The van der Waals surface area contributed by atoms with Crippen LogP contribution in [0.5, 0.6) is 5.75 Å². The number of nitrogens with zero attached hydrogens (tertiary/aromatic N) is 1. The van der Waals surface area contributed by atoms with Gasteiger partial charge in [0, 0.05) is 12.6 Å². The van der Waals surface area contributed by atoms with Gasteiger partial charge in [-0.25, -0.2) is 0 Å². The molecule has 26 heavy (non-hydrogen) atoms. The first kappa shape index (κ1) is 19.5. The van der Waals surface area contributed by atoms with Crippen LogP contribution in [0.15, 0.2) is 60.7 Å². The summed E-state index contributed by atoms with van der Waals surface area (Å²) in [6.45, 7) is 5.76. The molecule has 0 aromatic heterocycles. The minimum Gasteiger partial charge on any atom is -0.484 e. The molecular weight excluding hydrogens is 328 g/mol. The van der Waals surface area contributed by atoms with Gasteiger partial charge in [0.1, 0.15) is 11.8 Å². The number of carbonyl (C=O) groups is 2. The van der Waals surface area contributed by atoms with E-state index in [1.165, 1.54) is 0 Å². The molecule has 5 nitrogen and oxygen atoms in total. The van der Waals surface area contributed by atoms with Crippen molar-refractivity contribution in [3.63, 3.8) is 0 Å². The molecule has 0 aliphatic rings. The summed E-state index contributed by atoms with van der Waals surface area (Å²) in [6.07, 6.45) is 0. The van der Waals surface area contributed by atoms with Crippen molar-refractivity contribution in [1.82, 2.24) is 10.2 Å². The molecule has 0 fully saturated rings. The number of hydrogen-bond donors (Lipinski definition) is 1. The van der Waals surface area contributed by atoms with Crippen LogP contribution in [0.25, 0.3) is 0 Å². The Morgan fingerprint density at radius 3 is 2.12 bits per heavy atom. The summed E-state index contributed by atoms with van der Waals surface area (Å²) >= 11 is 0. The summed E-state index contributed by atoms with van der Waals surface area (Å²) in [5.74, 6) is 0.216. The Bertz CT molecular complexity index is 702. The highest BCUT2D eigenvalue weighted by molar-refractivity contribution is 5.88. The number of benzene rings is 2. The highest BCUT2D eigenvalue weighted by Crippen LogP contribution is 2.12. The molecule has 138 valence electrons. The van der Waals surface area contributed by atoms with Crippen LogP contribution in [0.1, 0.15) is 26.3 Å². The van der Waals surface area contributed by atoms with Gasteiger partial charge in [0.25, 0.3) is 5.91 Å². The summed E-state index contributed by atoms with van der Waals surface area (Å²) in [5.41, 5.74) is 0.963. The minimum atomic E-state index is -0.593. The van der Waals surface area contributed by atoms with Crippen molar-refractivity contribution in [1.29, 1.82) is 0 Å². The predicted molar refractivity (Wildman–Crippen MR) is 102 cm³/mol. The first-order chi connectivity index (χ1) is 12.5. The molecule has 0 aliphatic carbocycles. The zero-order chi connectivity index (χ0) is 18.9. The maximum atomic E-state index is 12.8. The van der Waals surface area contributed by atoms with Crippen LogP contribution in [-0.2, 0) is 16.1 Å². The van der Waals surface area contributed by atoms with Crippen LogP contribution in [-0.4, -0.2) is 35.4 Å². The third-order valence-electron chi connectivity index (χ3n) is 3.90. The predicted octanol–water partition coefficient (Wildman–Crippen LogP) is 3.01. The Morgan fingerprint density at radius 2 is 1.54 bits per heavy atom. The quantitative estimate of drug-likeness (QED) is 0.793. The zero-order valence-corrected chi connectivity index (χ0v) is 15.5. The lowest BCUT2D eigenvalue weighted by atomic mass is 10.1. The Labute approximate surface area is 155 Å². The van der Waals surface area contributed by atoms with E-state index >= 15 is 0 Å². The normalized spacial score (nSPS) is 11.7. The van der Waals surface area contributed by atoms with Gasteiger partial charge in [0.2, 0.25) is 5.91 Å². The topological polar surface area (TPSA) is 58.6 Å². The van der Waals surface area contributed by atoms with Crippen molar-refractivity contribution in [2.24, 2.45) is 0 Å². The summed E-state index contributed by atoms with van der Waals surface area (Å²) in [7, 11) is 0. The SMILES string of the molecule is CC(C)NC(=O)[C@@H](C)N(Cc1ccccc1)C(=O)COc1ccccc1. The first-order valence-corrected chi connectivity index (χ1v) is 8.79. The fourth-order valence-electron chi connectivity index (χ4n) is 2.51. The standard InChI is InChI=1S/C21H26N2O3/c1-16(2)22-21(25)17(3)23(14-18-10-6-4-7-11-18)20(24)15-26-19-12-8-5-9-13-19/h4-13,16-17H,14-15H2,1-3H3,(H,22,25)/t17-/m1/s1. The van der Waals surface area contributed by atoms with Crippen molar-refractivity contribution < 1.29 is 14.3 Å². The average molecular weight is 354 g/mol. The second-order valence-corrected chi connectivity index (χ2v) is 6.45. The van der Waals surface area contributed by atoms with Crippen LogP contribution in [0.2, 0.25) is 0 Å². The summed E-state index contributed by atoms with van der Waals surface area (Å²) in [6, 6.07) is 18.2. The third-order valence-corrected chi connectivity index (χ3v) is 3.90. The second kappa shape index (κ2) is 9.61. The molecule has 2 aromatic rings. The number of rotatable bonds is 8. The van der Waals surface area contributed by atoms with Gasteiger partial charge in [-0.3, -0.25) is 9.59 Å². The van der Waals surface area contributed by atoms with E-state index in [1.807, 2.05) is 62.4 Å². The van der Waals surface area contributed by atoms with E-state index in [9.17, 15) is 9.59 Å². The molecule has 1 N–H and O–H groups in total. The van der Waals surface area contributed by atoms with E-state index in [-0.39, 0.29) is 24.5 Å². The minimum absolute atomic E-state index is 0.0131. The van der Waals surface area contributed by atoms with Crippen molar-refractivity contribution >= 4 is 11.8 Å². The molecule has 0 spiro atoms. The van der Waals surface area contributed by atoms with Gasteiger partial charge < -0.3 is 15.0 Å². The maximum absolute atomic E-state index is 12.8. The Balaban J connectivity index is 2.10. The monoisotopic (exact) mass is 354 g/mol. The number of para-hydroxylation sites is 1. The van der Waals surface area contributed by atoms with Crippen LogP contribution < -0.4 is 10.1 Å². The van der Waals surface area contributed by atoms with Crippen LogP contribution >= 0.6 is 0 Å². The van der Waals surface area contributed by atoms with E-state index in [0.29, 0.717) is 12.3 Å².